The van der Waals surface area contributed by atoms with Crippen LogP contribution in [0.3, 0.4) is 0 Å². The van der Waals surface area contributed by atoms with Crippen molar-refractivity contribution in [1.29, 1.82) is 0 Å². The van der Waals surface area contributed by atoms with E-state index >= 15 is 0 Å². The van der Waals surface area contributed by atoms with Gasteiger partial charge in [-0.15, -0.1) is 0 Å². The number of aromatic nitrogens is 4. The van der Waals surface area contributed by atoms with Gasteiger partial charge < -0.3 is 4.90 Å². The molecule has 0 atom stereocenters. The molecule has 5 nitrogen and oxygen atoms in total. The van der Waals surface area contributed by atoms with Crippen molar-refractivity contribution in [3.05, 3.63) is 164 Å². The Morgan fingerprint density at radius 2 is 0.667 bits per heavy atom. The van der Waals surface area contributed by atoms with Crippen molar-refractivity contribution in [2.75, 3.05) is 4.90 Å². The van der Waals surface area contributed by atoms with Crippen LogP contribution in [0.5, 0.6) is 0 Å². The van der Waals surface area contributed by atoms with E-state index in [1.54, 1.807) is 0 Å². The Morgan fingerprint density at radius 1 is 0.333 bits per heavy atom. The SMILES string of the molecule is c1ccc(-c2nc3nc(-c4ccccc4)c(-c4ccc(N5c6ccccc6Sc6ccccc65)cc4)nc3nc2-c2ccccc2)cc1. The molecule has 8 aromatic rings. The van der Waals surface area contributed by atoms with Crippen molar-refractivity contribution in [3.63, 3.8) is 0 Å². The number of para-hydroxylation sites is 2. The van der Waals surface area contributed by atoms with Crippen molar-refractivity contribution in [1.82, 2.24) is 19.9 Å². The Morgan fingerprint density at radius 3 is 1.06 bits per heavy atom. The number of benzene rings is 6. The minimum absolute atomic E-state index is 0.503. The maximum absolute atomic E-state index is 5.20. The standard InChI is InChI=1S/C42H27N5S/c1-4-14-28(15-5-1)37-38(29-16-6-2-7-17-29)44-42-41(43-37)45-39(30-18-8-3-9-19-30)40(46-42)31-24-26-32(27-25-31)47-33-20-10-12-22-35(33)48-36-23-13-11-21-34(36)47/h1-27H. The van der Waals surface area contributed by atoms with Crippen LogP contribution in [-0.4, -0.2) is 19.9 Å². The van der Waals surface area contributed by atoms with Crippen LogP contribution in [0.2, 0.25) is 0 Å². The molecule has 0 unspecified atom stereocenters. The van der Waals surface area contributed by atoms with Gasteiger partial charge in [0.15, 0.2) is 11.3 Å². The molecule has 2 aromatic heterocycles. The number of fused-ring (bicyclic) bond motifs is 3. The lowest BCUT2D eigenvalue weighted by atomic mass is 10.0. The third kappa shape index (κ3) is 5.00. The molecule has 0 bridgehead atoms. The summed E-state index contributed by atoms with van der Waals surface area (Å²) in [4.78, 5) is 25.4. The molecule has 0 saturated heterocycles. The number of hydrogen-bond acceptors (Lipinski definition) is 6. The molecule has 0 aliphatic carbocycles. The quantitative estimate of drug-likeness (QED) is 0.188. The average Bonchev–Trinajstić information content (AvgIpc) is 3.17. The Labute approximate surface area is 282 Å². The molecule has 6 aromatic carbocycles. The van der Waals surface area contributed by atoms with Gasteiger partial charge in [0.25, 0.3) is 0 Å². The second kappa shape index (κ2) is 11.9. The molecule has 0 saturated carbocycles. The fourth-order valence-corrected chi connectivity index (χ4v) is 7.29. The molecule has 0 radical (unpaired) electrons. The highest BCUT2D eigenvalue weighted by Crippen LogP contribution is 2.51. The van der Waals surface area contributed by atoms with E-state index in [9.17, 15) is 0 Å². The van der Waals surface area contributed by atoms with Gasteiger partial charge in [0.05, 0.1) is 34.2 Å². The highest BCUT2D eigenvalue weighted by Gasteiger charge is 2.25. The predicted molar refractivity (Wildman–Crippen MR) is 196 cm³/mol. The Balaban J connectivity index is 1.22. The highest BCUT2D eigenvalue weighted by molar-refractivity contribution is 7.99. The molecule has 0 amide bonds. The summed E-state index contributed by atoms with van der Waals surface area (Å²) in [6, 6.07) is 56.2. The van der Waals surface area contributed by atoms with Crippen LogP contribution in [0.1, 0.15) is 0 Å². The van der Waals surface area contributed by atoms with E-state index in [1.807, 2.05) is 66.4 Å². The number of anilines is 3. The van der Waals surface area contributed by atoms with Gasteiger partial charge in [0.1, 0.15) is 0 Å². The molecule has 0 spiro atoms. The van der Waals surface area contributed by atoms with Crippen molar-refractivity contribution in [3.8, 4) is 45.0 Å². The van der Waals surface area contributed by atoms with E-state index < -0.39 is 0 Å². The van der Waals surface area contributed by atoms with Crippen LogP contribution in [0.15, 0.2) is 174 Å². The normalized spacial score (nSPS) is 12.0. The molecular weight excluding hydrogens is 607 g/mol. The third-order valence-corrected chi connectivity index (χ3v) is 9.62. The van der Waals surface area contributed by atoms with Crippen LogP contribution in [0.25, 0.3) is 56.3 Å². The number of hydrogen-bond donors (Lipinski definition) is 0. The van der Waals surface area contributed by atoms with Crippen LogP contribution in [0.4, 0.5) is 17.1 Å². The summed E-state index contributed by atoms with van der Waals surface area (Å²) in [6.45, 7) is 0. The summed E-state index contributed by atoms with van der Waals surface area (Å²) in [5.41, 5.74) is 11.4. The number of nitrogens with zero attached hydrogens (tertiary/aromatic N) is 5. The smallest absolute Gasteiger partial charge is 0.199 e. The van der Waals surface area contributed by atoms with Gasteiger partial charge in [0.2, 0.25) is 0 Å². The summed E-state index contributed by atoms with van der Waals surface area (Å²) in [5.74, 6) is 0. The zero-order chi connectivity index (χ0) is 31.9. The minimum atomic E-state index is 0.503. The van der Waals surface area contributed by atoms with Gasteiger partial charge in [0, 0.05) is 37.7 Å². The largest absolute Gasteiger partial charge is 0.308 e. The summed E-state index contributed by atoms with van der Waals surface area (Å²) in [7, 11) is 0. The zero-order valence-electron chi connectivity index (χ0n) is 25.7. The van der Waals surface area contributed by atoms with Gasteiger partial charge in [-0.25, -0.2) is 19.9 Å². The predicted octanol–water partition coefficient (Wildman–Crippen LogP) is 11.0. The Bertz CT molecular complexity index is 2370. The van der Waals surface area contributed by atoms with Crippen LogP contribution < -0.4 is 4.90 Å². The van der Waals surface area contributed by atoms with Crippen molar-refractivity contribution in [2.45, 2.75) is 9.79 Å². The lowest BCUT2D eigenvalue weighted by molar-refractivity contribution is 1.16. The van der Waals surface area contributed by atoms with E-state index in [0.717, 1.165) is 50.7 Å². The van der Waals surface area contributed by atoms with Crippen molar-refractivity contribution >= 4 is 40.1 Å². The second-order valence-corrected chi connectivity index (χ2v) is 12.6. The van der Waals surface area contributed by atoms with Gasteiger partial charge in [-0.05, 0) is 36.4 Å². The molecule has 1 aliphatic heterocycles. The summed E-state index contributed by atoms with van der Waals surface area (Å²) >= 11 is 1.81. The van der Waals surface area contributed by atoms with E-state index in [-0.39, 0.29) is 0 Å². The lowest BCUT2D eigenvalue weighted by Crippen LogP contribution is -2.14. The molecule has 48 heavy (non-hydrogen) atoms. The molecule has 9 rings (SSSR count). The molecule has 1 aliphatic rings. The van der Waals surface area contributed by atoms with Gasteiger partial charge in [-0.3, -0.25) is 0 Å². The Hall–Kier alpha value is -6.11. The van der Waals surface area contributed by atoms with Crippen molar-refractivity contribution in [2.24, 2.45) is 0 Å². The maximum atomic E-state index is 5.20. The molecule has 0 fully saturated rings. The van der Waals surface area contributed by atoms with Crippen LogP contribution >= 0.6 is 11.8 Å². The maximum Gasteiger partial charge on any atom is 0.199 e. The summed E-state index contributed by atoms with van der Waals surface area (Å²) in [5, 5.41) is 0. The van der Waals surface area contributed by atoms with E-state index in [2.05, 4.69) is 114 Å². The molecule has 6 heteroatoms. The van der Waals surface area contributed by atoms with Gasteiger partial charge >= 0.3 is 0 Å². The first-order chi connectivity index (χ1) is 23.8. The fourth-order valence-electron chi connectivity index (χ4n) is 6.23. The van der Waals surface area contributed by atoms with E-state index in [0.29, 0.717) is 11.3 Å². The summed E-state index contributed by atoms with van der Waals surface area (Å²) in [6.07, 6.45) is 0. The molecular formula is C42H27N5S. The van der Waals surface area contributed by atoms with Crippen LogP contribution in [0, 0.1) is 0 Å². The average molecular weight is 634 g/mol. The Kier molecular flexibility index (Phi) is 6.99. The van der Waals surface area contributed by atoms with Gasteiger partial charge in [-0.2, -0.15) is 0 Å². The fraction of sp³-hybridized carbons (Fsp3) is 0. The highest BCUT2D eigenvalue weighted by atomic mass is 32.2. The first-order valence-electron chi connectivity index (χ1n) is 15.8. The van der Waals surface area contributed by atoms with E-state index in [4.69, 9.17) is 19.9 Å². The molecule has 226 valence electrons. The summed E-state index contributed by atoms with van der Waals surface area (Å²) < 4.78 is 0. The van der Waals surface area contributed by atoms with Crippen molar-refractivity contribution < 1.29 is 0 Å². The van der Waals surface area contributed by atoms with Crippen LogP contribution in [-0.2, 0) is 0 Å². The molecule has 0 N–H and O–H groups in total. The first kappa shape index (κ1) is 28.1. The second-order valence-electron chi connectivity index (χ2n) is 11.5. The molecule has 3 heterocycles. The topological polar surface area (TPSA) is 54.8 Å². The van der Waals surface area contributed by atoms with E-state index in [1.165, 1.54) is 21.2 Å². The first-order valence-corrected chi connectivity index (χ1v) is 16.6. The third-order valence-electron chi connectivity index (χ3n) is 8.49. The number of rotatable bonds is 5. The lowest BCUT2D eigenvalue weighted by Gasteiger charge is -2.32. The monoisotopic (exact) mass is 633 g/mol. The zero-order valence-corrected chi connectivity index (χ0v) is 26.5. The minimum Gasteiger partial charge on any atom is -0.308 e. The van der Waals surface area contributed by atoms with Gasteiger partial charge in [-0.1, -0.05) is 139 Å².